The van der Waals surface area contributed by atoms with Crippen molar-refractivity contribution in [3.05, 3.63) is 29.8 Å². The SMILES string of the molecule is CCC(C)c1ccc(S(=O)(=O)N2CCC(O)C2)cc1. The number of sulfonamides is 1. The van der Waals surface area contributed by atoms with Crippen LogP contribution in [0.1, 0.15) is 38.2 Å². The largest absolute Gasteiger partial charge is 0.392 e. The molecular weight excluding hydrogens is 262 g/mol. The van der Waals surface area contributed by atoms with Crippen LogP contribution >= 0.6 is 0 Å². The molecule has 1 saturated heterocycles. The lowest BCUT2D eigenvalue weighted by Crippen LogP contribution is -2.29. The minimum absolute atomic E-state index is 0.204. The molecule has 1 fully saturated rings. The van der Waals surface area contributed by atoms with Gasteiger partial charge in [0, 0.05) is 13.1 Å². The number of aliphatic hydroxyl groups excluding tert-OH is 1. The maximum absolute atomic E-state index is 12.3. The van der Waals surface area contributed by atoms with Gasteiger partial charge >= 0.3 is 0 Å². The van der Waals surface area contributed by atoms with Crippen LogP contribution in [0.4, 0.5) is 0 Å². The van der Waals surface area contributed by atoms with E-state index in [2.05, 4.69) is 13.8 Å². The Hall–Kier alpha value is -0.910. The van der Waals surface area contributed by atoms with Gasteiger partial charge in [0.1, 0.15) is 0 Å². The maximum Gasteiger partial charge on any atom is 0.243 e. The zero-order chi connectivity index (χ0) is 14.0. The van der Waals surface area contributed by atoms with Crippen molar-refractivity contribution in [2.45, 2.75) is 43.6 Å². The molecule has 2 atom stereocenters. The van der Waals surface area contributed by atoms with Gasteiger partial charge in [-0.05, 0) is 36.5 Å². The third kappa shape index (κ3) is 2.99. The lowest BCUT2D eigenvalue weighted by Gasteiger charge is -2.16. The number of hydrogen-bond donors (Lipinski definition) is 1. The predicted molar refractivity (Wildman–Crippen MR) is 74.5 cm³/mol. The first-order valence-corrected chi connectivity index (χ1v) is 8.17. The van der Waals surface area contributed by atoms with E-state index in [9.17, 15) is 13.5 Å². The van der Waals surface area contributed by atoms with Crippen LogP contribution in [0.5, 0.6) is 0 Å². The van der Waals surface area contributed by atoms with Crippen molar-refractivity contribution < 1.29 is 13.5 Å². The highest BCUT2D eigenvalue weighted by molar-refractivity contribution is 7.89. The fourth-order valence-corrected chi connectivity index (χ4v) is 3.77. The summed E-state index contributed by atoms with van der Waals surface area (Å²) in [4.78, 5) is 0.314. The molecule has 1 heterocycles. The van der Waals surface area contributed by atoms with Gasteiger partial charge in [0.15, 0.2) is 0 Å². The molecule has 2 unspecified atom stereocenters. The summed E-state index contributed by atoms with van der Waals surface area (Å²) in [5, 5.41) is 9.45. The highest BCUT2D eigenvalue weighted by Crippen LogP contribution is 2.24. The van der Waals surface area contributed by atoms with Crippen molar-refractivity contribution in [3.8, 4) is 0 Å². The summed E-state index contributed by atoms with van der Waals surface area (Å²) in [6, 6.07) is 7.10. The van der Waals surface area contributed by atoms with E-state index in [1.54, 1.807) is 12.1 Å². The topological polar surface area (TPSA) is 57.6 Å². The molecule has 0 bridgehead atoms. The third-order valence-corrected chi connectivity index (χ3v) is 5.70. The van der Waals surface area contributed by atoms with Gasteiger partial charge in [-0.1, -0.05) is 26.0 Å². The van der Waals surface area contributed by atoms with Crippen LogP contribution in [0, 0.1) is 0 Å². The number of aliphatic hydroxyl groups is 1. The quantitative estimate of drug-likeness (QED) is 0.919. The van der Waals surface area contributed by atoms with Crippen LogP contribution in [-0.4, -0.2) is 37.0 Å². The molecule has 0 spiro atoms. The fourth-order valence-electron chi connectivity index (χ4n) is 2.28. The van der Waals surface area contributed by atoms with Gasteiger partial charge in [-0.3, -0.25) is 0 Å². The molecule has 1 aliphatic heterocycles. The highest BCUT2D eigenvalue weighted by atomic mass is 32.2. The Morgan fingerprint density at radius 1 is 1.37 bits per heavy atom. The molecule has 106 valence electrons. The zero-order valence-corrected chi connectivity index (χ0v) is 12.2. The van der Waals surface area contributed by atoms with Crippen molar-refractivity contribution in [2.75, 3.05) is 13.1 Å². The molecule has 1 aliphatic rings. The second kappa shape index (κ2) is 5.61. The second-order valence-corrected chi connectivity index (χ2v) is 7.12. The van der Waals surface area contributed by atoms with Crippen LogP contribution in [0.15, 0.2) is 29.2 Å². The molecule has 1 aromatic rings. The van der Waals surface area contributed by atoms with Crippen LogP contribution in [0.3, 0.4) is 0 Å². The van der Waals surface area contributed by atoms with E-state index in [1.807, 2.05) is 12.1 Å². The summed E-state index contributed by atoms with van der Waals surface area (Å²) in [6.45, 7) is 4.84. The van der Waals surface area contributed by atoms with E-state index in [0.29, 0.717) is 23.8 Å². The zero-order valence-electron chi connectivity index (χ0n) is 11.4. The summed E-state index contributed by atoms with van der Waals surface area (Å²) >= 11 is 0. The number of β-amino-alcohol motifs (C(OH)–C–C–N with tert-alkyl or cyclic N) is 1. The van der Waals surface area contributed by atoms with Gasteiger partial charge in [0.05, 0.1) is 11.0 Å². The fraction of sp³-hybridized carbons (Fsp3) is 0.571. The monoisotopic (exact) mass is 283 g/mol. The number of hydrogen-bond acceptors (Lipinski definition) is 3. The lowest BCUT2D eigenvalue weighted by atomic mass is 9.99. The first-order chi connectivity index (χ1) is 8.95. The predicted octanol–water partition coefficient (Wildman–Crippen LogP) is 1.96. The van der Waals surface area contributed by atoms with Crippen molar-refractivity contribution in [3.63, 3.8) is 0 Å². The molecule has 0 aromatic heterocycles. The van der Waals surface area contributed by atoms with Crippen LogP contribution in [-0.2, 0) is 10.0 Å². The minimum atomic E-state index is -3.45. The van der Waals surface area contributed by atoms with E-state index in [0.717, 1.165) is 12.0 Å². The Morgan fingerprint density at radius 3 is 2.47 bits per heavy atom. The molecule has 19 heavy (non-hydrogen) atoms. The molecule has 1 aromatic carbocycles. The molecule has 0 aliphatic carbocycles. The summed E-state index contributed by atoms with van der Waals surface area (Å²) in [7, 11) is -3.45. The maximum atomic E-state index is 12.3. The Bertz CT molecular complexity index is 524. The van der Waals surface area contributed by atoms with Gasteiger partial charge in [0.2, 0.25) is 10.0 Å². The Morgan fingerprint density at radius 2 is 2.00 bits per heavy atom. The van der Waals surface area contributed by atoms with Crippen LogP contribution in [0.2, 0.25) is 0 Å². The van der Waals surface area contributed by atoms with Crippen molar-refractivity contribution in [2.24, 2.45) is 0 Å². The summed E-state index contributed by atoms with van der Waals surface area (Å²) < 4.78 is 26.0. The summed E-state index contributed by atoms with van der Waals surface area (Å²) in [6.07, 6.45) is 1.02. The number of benzene rings is 1. The average molecular weight is 283 g/mol. The van der Waals surface area contributed by atoms with E-state index in [-0.39, 0.29) is 6.54 Å². The first kappa shape index (κ1) is 14.5. The molecule has 4 nitrogen and oxygen atoms in total. The van der Waals surface area contributed by atoms with Crippen molar-refractivity contribution in [1.82, 2.24) is 4.31 Å². The summed E-state index contributed by atoms with van der Waals surface area (Å²) in [5.74, 6) is 0.436. The molecule has 5 heteroatoms. The van der Waals surface area contributed by atoms with Gasteiger partial charge in [-0.2, -0.15) is 4.31 Å². The van der Waals surface area contributed by atoms with E-state index in [1.165, 1.54) is 4.31 Å². The normalized spacial score (nSPS) is 22.6. The Kier molecular flexibility index (Phi) is 4.28. The second-order valence-electron chi connectivity index (χ2n) is 5.18. The first-order valence-electron chi connectivity index (χ1n) is 6.73. The van der Waals surface area contributed by atoms with Gasteiger partial charge in [0.25, 0.3) is 0 Å². The molecule has 2 rings (SSSR count). The van der Waals surface area contributed by atoms with Crippen LogP contribution < -0.4 is 0 Å². The smallest absolute Gasteiger partial charge is 0.243 e. The molecule has 0 saturated carbocycles. The third-order valence-electron chi connectivity index (χ3n) is 3.83. The average Bonchev–Trinajstić information content (AvgIpc) is 2.85. The number of nitrogens with zero attached hydrogens (tertiary/aromatic N) is 1. The van der Waals surface area contributed by atoms with Gasteiger partial charge < -0.3 is 5.11 Å². The van der Waals surface area contributed by atoms with Crippen molar-refractivity contribution >= 4 is 10.0 Å². The highest BCUT2D eigenvalue weighted by Gasteiger charge is 2.31. The van der Waals surface area contributed by atoms with E-state index >= 15 is 0 Å². The molecule has 0 amide bonds. The molecule has 0 radical (unpaired) electrons. The minimum Gasteiger partial charge on any atom is -0.392 e. The molecule has 1 N–H and O–H groups in total. The van der Waals surface area contributed by atoms with Gasteiger partial charge in [-0.15, -0.1) is 0 Å². The Balaban J connectivity index is 2.22. The van der Waals surface area contributed by atoms with E-state index in [4.69, 9.17) is 0 Å². The van der Waals surface area contributed by atoms with E-state index < -0.39 is 16.1 Å². The van der Waals surface area contributed by atoms with Gasteiger partial charge in [-0.25, -0.2) is 8.42 Å². The lowest BCUT2D eigenvalue weighted by molar-refractivity contribution is 0.189. The van der Waals surface area contributed by atoms with Crippen molar-refractivity contribution in [1.29, 1.82) is 0 Å². The number of rotatable bonds is 4. The standard InChI is InChI=1S/C14H21NO3S/c1-3-11(2)12-4-6-14(7-5-12)19(17,18)15-9-8-13(16)10-15/h4-7,11,13,16H,3,8-10H2,1-2H3. The molecular formula is C14H21NO3S. The summed E-state index contributed by atoms with van der Waals surface area (Å²) in [5.41, 5.74) is 1.16. The van der Waals surface area contributed by atoms with Crippen LogP contribution in [0.25, 0.3) is 0 Å². The Labute approximate surface area is 115 Å².